The van der Waals surface area contributed by atoms with Crippen molar-refractivity contribution in [1.29, 1.82) is 0 Å². The lowest BCUT2D eigenvalue weighted by Crippen LogP contribution is -2.14. The van der Waals surface area contributed by atoms with E-state index in [1.807, 2.05) is 72.8 Å². The number of carbonyl (C=O) groups excluding carboxylic acids is 1. The van der Waals surface area contributed by atoms with Crippen molar-refractivity contribution in [3.8, 4) is 17.2 Å². The molecule has 3 rings (SSSR count). The quantitative estimate of drug-likeness (QED) is 0.713. The van der Waals surface area contributed by atoms with E-state index in [0.717, 1.165) is 11.3 Å². The molecule has 0 saturated heterocycles. The predicted molar refractivity (Wildman–Crippen MR) is 98.3 cm³/mol. The third-order valence-electron chi connectivity index (χ3n) is 3.64. The van der Waals surface area contributed by atoms with Crippen molar-refractivity contribution in [3.63, 3.8) is 0 Å². The zero-order valence-electron chi connectivity index (χ0n) is 13.9. The fourth-order valence-corrected chi connectivity index (χ4v) is 2.49. The number of carbonyl (C=O) groups is 1. The van der Waals surface area contributed by atoms with Crippen molar-refractivity contribution in [2.24, 2.45) is 0 Å². The predicted octanol–water partition coefficient (Wildman–Crippen LogP) is 4.67. The summed E-state index contributed by atoms with van der Waals surface area (Å²) in [5.74, 6) is 2.02. The molecule has 0 unspecified atom stereocenters. The third kappa shape index (κ3) is 4.61. The van der Waals surface area contributed by atoms with Crippen LogP contribution in [-0.2, 0) is 11.2 Å². The number of benzene rings is 3. The summed E-state index contributed by atoms with van der Waals surface area (Å²) in [4.78, 5) is 12.3. The highest BCUT2D eigenvalue weighted by Crippen LogP contribution is 2.24. The van der Waals surface area contributed by atoms with Crippen LogP contribution in [0, 0.1) is 0 Å². The van der Waals surface area contributed by atoms with Gasteiger partial charge in [0.25, 0.3) is 0 Å². The Morgan fingerprint density at radius 3 is 2.40 bits per heavy atom. The molecule has 0 fully saturated rings. The molecule has 126 valence electrons. The van der Waals surface area contributed by atoms with Crippen LogP contribution in [0.4, 0.5) is 5.69 Å². The monoisotopic (exact) mass is 333 g/mol. The summed E-state index contributed by atoms with van der Waals surface area (Å²) in [7, 11) is 1.60. The zero-order valence-corrected chi connectivity index (χ0v) is 13.9. The van der Waals surface area contributed by atoms with Gasteiger partial charge in [0.05, 0.1) is 13.5 Å². The first-order valence-corrected chi connectivity index (χ1v) is 7.99. The molecule has 0 atom stereocenters. The molecule has 0 bridgehead atoms. The molecule has 0 saturated carbocycles. The summed E-state index contributed by atoms with van der Waals surface area (Å²) >= 11 is 0. The number of methoxy groups -OCH3 is 1. The molecule has 3 aromatic rings. The van der Waals surface area contributed by atoms with E-state index in [4.69, 9.17) is 9.47 Å². The SMILES string of the molecule is COc1ccccc1CC(=O)Nc1cccc(Oc2ccccc2)c1. The highest BCUT2D eigenvalue weighted by molar-refractivity contribution is 5.92. The topological polar surface area (TPSA) is 47.6 Å². The maximum absolute atomic E-state index is 12.3. The minimum absolute atomic E-state index is 0.110. The van der Waals surface area contributed by atoms with Gasteiger partial charge in [-0.25, -0.2) is 0 Å². The number of para-hydroxylation sites is 2. The van der Waals surface area contributed by atoms with E-state index >= 15 is 0 Å². The van der Waals surface area contributed by atoms with Crippen LogP contribution in [0.1, 0.15) is 5.56 Å². The lowest BCUT2D eigenvalue weighted by molar-refractivity contribution is -0.115. The van der Waals surface area contributed by atoms with Crippen molar-refractivity contribution in [2.45, 2.75) is 6.42 Å². The Labute approximate surface area is 147 Å². The minimum Gasteiger partial charge on any atom is -0.496 e. The van der Waals surface area contributed by atoms with Crippen LogP contribution in [0.15, 0.2) is 78.9 Å². The molecule has 0 aromatic heterocycles. The highest BCUT2D eigenvalue weighted by Gasteiger charge is 2.09. The van der Waals surface area contributed by atoms with E-state index in [1.54, 1.807) is 13.2 Å². The maximum Gasteiger partial charge on any atom is 0.228 e. The molecule has 0 aliphatic carbocycles. The Hall–Kier alpha value is -3.27. The van der Waals surface area contributed by atoms with E-state index in [0.29, 0.717) is 17.2 Å². The maximum atomic E-state index is 12.3. The molecule has 0 radical (unpaired) electrons. The average molecular weight is 333 g/mol. The van der Waals surface area contributed by atoms with E-state index in [9.17, 15) is 4.79 Å². The van der Waals surface area contributed by atoms with E-state index < -0.39 is 0 Å². The molecule has 25 heavy (non-hydrogen) atoms. The fraction of sp³-hybridized carbons (Fsp3) is 0.0952. The van der Waals surface area contributed by atoms with Crippen molar-refractivity contribution in [1.82, 2.24) is 0 Å². The van der Waals surface area contributed by atoms with E-state index in [1.165, 1.54) is 0 Å². The lowest BCUT2D eigenvalue weighted by atomic mass is 10.1. The fourth-order valence-electron chi connectivity index (χ4n) is 2.49. The van der Waals surface area contributed by atoms with Gasteiger partial charge < -0.3 is 14.8 Å². The van der Waals surface area contributed by atoms with E-state index in [-0.39, 0.29) is 12.3 Å². The molecule has 4 heteroatoms. The van der Waals surface area contributed by atoms with Crippen molar-refractivity contribution < 1.29 is 14.3 Å². The van der Waals surface area contributed by atoms with Crippen LogP contribution in [0.2, 0.25) is 0 Å². The normalized spacial score (nSPS) is 10.1. The average Bonchev–Trinajstić information content (AvgIpc) is 2.63. The number of rotatable bonds is 6. The van der Waals surface area contributed by atoms with Gasteiger partial charge in [0.15, 0.2) is 0 Å². The molecule has 0 aliphatic heterocycles. The molecule has 4 nitrogen and oxygen atoms in total. The standard InChI is InChI=1S/C21H19NO3/c1-24-20-13-6-5-8-16(20)14-21(23)22-17-9-7-12-19(15-17)25-18-10-3-2-4-11-18/h2-13,15H,14H2,1H3,(H,22,23). The molecular weight excluding hydrogens is 314 g/mol. The first kappa shape index (κ1) is 16.6. The minimum atomic E-state index is -0.110. The van der Waals surface area contributed by atoms with Crippen LogP contribution in [0.5, 0.6) is 17.2 Å². The van der Waals surface area contributed by atoms with Gasteiger partial charge in [-0.15, -0.1) is 0 Å². The molecule has 0 heterocycles. The van der Waals surface area contributed by atoms with Gasteiger partial charge >= 0.3 is 0 Å². The largest absolute Gasteiger partial charge is 0.496 e. The summed E-state index contributed by atoms with van der Waals surface area (Å²) in [6.07, 6.45) is 0.244. The van der Waals surface area contributed by atoms with Crippen LogP contribution in [0.3, 0.4) is 0 Å². The van der Waals surface area contributed by atoms with Gasteiger partial charge in [-0.2, -0.15) is 0 Å². The summed E-state index contributed by atoms with van der Waals surface area (Å²) in [6, 6.07) is 24.3. The van der Waals surface area contributed by atoms with Gasteiger partial charge in [0.1, 0.15) is 17.2 Å². The summed E-state index contributed by atoms with van der Waals surface area (Å²) in [5.41, 5.74) is 1.53. The Morgan fingerprint density at radius 2 is 1.60 bits per heavy atom. The number of amides is 1. The molecule has 3 aromatic carbocycles. The zero-order chi connectivity index (χ0) is 17.5. The summed E-state index contributed by atoms with van der Waals surface area (Å²) in [5, 5.41) is 2.89. The lowest BCUT2D eigenvalue weighted by Gasteiger charge is -2.10. The smallest absolute Gasteiger partial charge is 0.228 e. The third-order valence-corrected chi connectivity index (χ3v) is 3.64. The van der Waals surface area contributed by atoms with Gasteiger partial charge in [-0.05, 0) is 30.3 Å². The first-order valence-electron chi connectivity index (χ1n) is 7.99. The van der Waals surface area contributed by atoms with Crippen molar-refractivity contribution >= 4 is 11.6 Å². The summed E-state index contributed by atoms with van der Waals surface area (Å²) in [6.45, 7) is 0. The second kappa shape index (κ2) is 8.02. The van der Waals surface area contributed by atoms with Crippen LogP contribution >= 0.6 is 0 Å². The molecular formula is C21H19NO3. The number of nitrogens with one attached hydrogen (secondary N) is 1. The van der Waals surface area contributed by atoms with Crippen LogP contribution < -0.4 is 14.8 Å². The first-order chi connectivity index (χ1) is 12.2. The van der Waals surface area contributed by atoms with Gasteiger partial charge in [-0.1, -0.05) is 42.5 Å². The molecule has 1 amide bonds. The van der Waals surface area contributed by atoms with Crippen LogP contribution in [-0.4, -0.2) is 13.0 Å². The van der Waals surface area contributed by atoms with Crippen LogP contribution in [0.25, 0.3) is 0 Å². The van der Waals surface area contributed by atoms with E-state index in [2.05, 4.69) is 5.32 Å². The number of hydrogen-bond acceptors (Lipinski definition) is 3. The summed E-state index contributed by atoms with van der Waals surface area (Å²) < 4.78 is 11.1. The molecule has 0 spiro atoms. The number of ether oxygens (including phenoxy) is 2. The Bertz CT molecular complexity index is 847. The Kier molecular flexibility index (Phi) is 5.32. The second-order valence-corrected chi connectivity index (χ2v) is 5.48. The second-order valence-electron chi connectivity index (χ2n) is 5.48. The van der Waals surface area contributed by atoms with Gasteiger partial charge in [0, 0.05) is 17.3 Å². The number of hydrogen-bond donors (Lipinski definition) is 1. The van der Waals surface area contributed by atoms with Gasteiger partial charge in [-0.3, -0.25) is 4.79 Å². The Balaban J connectivity index is 1.66. The number of anilines is 1. The Morgan fingerprint density at radius 1 is 0.880 bits per heavy atom. The van der Waals surface area contributed by atoms with Crippen molar-refractivity contribution in [2.75, 3.05) is 12.4 Å². The van der Waals surface area contributed by atoms with Gasteiger partial charge in [0.2, 0.25) is 5.91 Å². The highest BCUT2D eigenvalue weighted by atomic mass is 16.5. The van der Waals surface area contributed by atoms with Crippen molar-refractivity contribution in [3.05, 3.63) is 84.4 Å². The molecule has 1 N–H and O–H groups in total. The molecule has 0 aliphatic rings.